The minimum absolute atomic E-state index is 0.146. The summed E-state index contributed by atoms with van der Waals surface area (Å²) in [5.41, 5.74) is 6.69. The van der Waals surface area contributed by atoms with Crippen LogP contribution in [0.5, 0.6) is 0 Å². The molecule has 3 aromatic rings. The minimum Gasteiger partial charge on any atom is -0.322 e. The van der Waals surface area contributed by atoms with Gasteiger partial charge in [0, 0.05) is 22.5 Å². The van der Waals surface area contributed by atoms with E-state index in [1.54, 1.807) is 48.5 Å². The first-order valence-corrected chi connectivity index (χ1v) is 10.7. The lowest BCUT2D eigenvalue weighted by Gasteiger charge is -2.13. The lowest BCUT2D eigenvalue weighted by atomic mass is 10.1. The Morgan fingerprint density at radius 1 is 0.833 bits per heavy atom. The van der Waals surface area contributed by atoms with Crippen molar-refractivity contribution in [2.45, 2.75) is 18.7 Å². The molecule has 0 atom stereocenters. The Labute approximate surface area is 176 Å². The summed E-state index contributed by atoms with van der Waals surface area (Å²) in [5.74, 6) is -0.227. The van der Waals surface area contributed by atoms with E-state index < -0.39 is 10.0 Å². The Balaban J connectivity index is 1.67. The molecule has 0 radical (unpaired) electrons. The van der Waals surface area contributed by atoms with Crippen molar-refractivity contribution in [1.29, 1.82) is 0 Å². The van der Waals surface area contributed by atoms with Gasteiger partial charge in [0.15, 0.2) is 0 Å². The predicted molar refractivity (Wildman–Crippen MR) is 119 cm³/mol. The van der Waals surface area contributed by atoms with Crippen molar-refractivity contribution in [3.8, 4) is 0 Å². The Hall–Kier alpha value is -3.42. The third kappa shape index (κ3) is 5.34. The Kier molecular flexibility index (Phi) is 6.34. The van der Waals surface area contributed by atoms with Crippen molar-refractivity contribution in [2.75, 3.05) is 5.32 Å². The second kappa shape index (κ2) is 8.94. The van der Waals surface area contributed by atoms with Gasteiger partial charge in [-0.15, -0.1) is 4.83 Å². The van der Waals surface area contributed by atoms with E-state index in [4.69, 9.17) is 0 Å². The summed E-state index contributed by atoms with van der Waals surface area (Å²) in [6.45, 7) is 7.68. The van der Waals surface area contributed by atoms with E-state index in [1.807, 2.05) is 26.0 Å². The fourth-order valence-electron chi connectivity index (χ4n) is 2.75. The van der Waals surface area contributed by atoms with Gasteiger partial charge in [-0.2, -0.15) is 0 Å². The molecule has 1 amide bonds. The number of hydrazine groups is 1. The summed E-state index contributed by atoms with van der Waals surface area (Å²) in [6.07, 6.45) is 0. The molecular formula is C23H23N3O3S. The zero-order valence-corrected chi connectivity index (χ0v) is 17.6. The van der Waals surface area contributed by atoms with Gasteiger partial charge < -0.3 is 10.7 Å². The molecule has 7 heteroatoms. The van der Waals surface area contributed by atoms with E-state index in [2.05, 4.69) is 22.2 Å². The summed E-state index contributed by atoms with van der Waals surface area (Å²) >= 11 is 0. The van der Waals surface area contributed by atoms with E-state index in [9.17, 15) is 13.2 Å². The first kappa shape index (κ1) is 21.3. The van der Waals surface area contributed by atoms with E-state index >= 15 is 0 Å². The molecule has 0 aliphatic heterocycles. The number of nitrogens with one attached hydrogen (secondary N) is 3. The van der Waals surface area contributed by atoms with Gasteiger partial charge >= 0.3 is 0 Å². The van der Waals surface area contributed by atoms with Crippen LogP contribution >= 0.6 is 0 Å². The smallest absolute Gasteiger partial charge is 0.257 e. The van der Waals surface area contributed by atoms with Crippen molar-refractivity contribution >= 4 is 27.3 Å². The average molecular weight is 422 g/mol. The molecule has 30 heavy (non-hydrogen) atoms. The molecule has 0 heterocycles. The van der Waals surface area contributed by atoms with Crippen LogP contribution in [0.3, 0.4) is 0 Å². The van der Waals surface area contributed by atoms with Crippen LogP contribution in [-0.2, 0) is 10.0 Å². The van der Waals surface area contributed by atoms with Crippen LogP contribution in [0.4, 0.5) is 5.69 Å². The molecule has 0 saturated carbocycles. The highest BCUT2D eigenvalue weighted by molar-refractivity contribution is 7.89. The molecule has 0 unspecified atom stereocenters. The molecule has 154 valence electrons. The molecule has 3 aromatic carbocycles. The molecule has 0 saturated heterocycles. The first-order chi connectivity index (χ1) is 14.2. The van der Waals surface area contributed by atoms with Gasteiger partial charge in [-0.05, 0) is 50.2 Å². The van der Waals surface area contributed by atoms with Crippen molar-refractivity contribution in [1.82, 2.24) is 10.3 Å². The molecule has 0 spiro atoms. The summed E-state index contributed by atoms with van der Waals surface area (Å²) in [5, 5.41) is 2.84. The highest BCUT2D eigenvalue weighted by atomic mass is 32.2. The lowest BCUT2D eigenvalue weighted by molar-refractivity contribution is 0.102. The predicted octanol–water partition coefficient (Wildman–Crippen LogP) is 4.01. The Bertz CT molecular complexity index is 1190. The second-order valence-electron chi connectivity index (χ2n) is 6.93. The Morgan fingerprint density at radius 3 is 2.20 bits per heavy atom. The summed E-state index contributed by atoms with van der Waals surface area (Å²) in [7, 11) is -3.74. The van der Waals surface area contributed by atoms with Crippen LogP contribution < -0.4 is 15.6 Å². The van der Waals surface area contributed by atoms with Gasteiger partial charge in [-0.3, -0.25) is 4.79 Å². The molecular weight excluding hydrogens is 398 g/mol. The number of benzene rings is 3. The van der Waals surface area contributed by atoms with Gasteiger partial charge in [-0.1, -0.05) is 54.1 Å². The topological polar surface area (TPSA) is 87.3 Å². The summed E-state index contributed by atoms with van der Waals surface area (Å²) in [6, 6.07) is 20.8. The molecule has 3 rings (SSSR count). The summed E-state index contributed by atoms with van der Waals surface area (Å²) < 4.78 is 24.8. The van der Waals surface area contributed by atoms with Crippen LogP contribution in [0.15, 0.2) is 84.3 Å². The van der Waals surface area contributed by atoms with Crippen LogP contribution in [0.25, 0.3) is 5.70 Å². The fourth-order valence-corrected chi connectivity index (χ4v) is 3.62. The largest absolute Gasteiger partial charge is 0.322 e. The number of hydrogen-bond donors (Lipinski definition) is 3. The molecule has 3 N–H and O–H groups in total. The number of amides is 1. The van der Waals surface area contributed by atoms with Crippen molar-refractivity contribution in [2.24, 2.45) is 0 Å². The third-order valence-electron chi connectivity index (χ3n) is 4.42. The average Bonchev–Trinajstić information content (AvgIpc) is 2.72. The highest BCUT2D eigenvalue weighted by Crippen LogP contribution is 2.17. The standard InChI is InChI=1S/C23H23N3O3S/c1-16-10-12-22(13-11-16)30(28,29)26-25-18(3)19-7-5-9-21(15-19)24-23(27)20-8-4-6-17(2)14-20/h4-15,25-26H,3H2,1-2H3,(H,24,27). The molecule has 0 aliphatic rings. The zero-order valence-electron chi connectivity index (χ0n) is 16.8. The van der Waals surface area contributed by atoms with E-state index in [-0.39, 0.29) is 10.8 Å². The fraction of sp³-hybridized carbons (Fsp3) is 0.0870. The Morgan fingerprint density at radius 2 is 1.50 bits per heavy atom. The van der Waals surface area contributed by atoms with Crippen molar-refractivity contribution in [3.63, 3.8) is 0 Å². The molecule has 0 aliphatic carbocycles. The van der Waals surface area contributed by atoms with E-state index in [0.29, 0.717) is 22.5 Å². The van der Waals surface area contributed by atoms with Crippen molar-refractivity contribution in [3.05, 3.63) is 102 Å². The van der Waals surface area contributed by atoms with Crippen LogP contribution in [0.2, 0.25) is 0 Å². The zero-order chi connectivity index (χ0) is 21.7. The summed E-state index contributed by atoms with van der Waals surface area (Å²) in [4.78, 5) is 14.9. The van der Waals surface area contributed by atoms with E-state index in [1.165, 1.54) is 12.1 Å². The van der Waals surface area contributed by atoms with E-state index in [0.717, 1.165) is 11.1 Å². The van der Waals surface area contributed by atoms with Crippen molar-refractivity contribution < 1.29 is 13.2 Å². The van der Waals surface area contributed by atoms with Gasteiger partial charge in [0.05, 0.1) is 4.90 Å². The number of hydrogen-bond acceptors (Lipinski definition) is 4. The number of aryl methyl sites for hydroxylation is 2. The number of carbonyl (C=O) groups excluding carboxylic acids is 1. The molecule has 6 nitrogen and oxygen atoms in total. The van der Waals surface area contributed by atoms with Gasteiger partial charge in [0.25, 0.3) is 15.9 Å². The van der Waals surface area contributed by atoms with Crippen LogP contribution in [0.1, 0.15) is 27.0 Å². The maximum atomic E-state index is 12.4. The number of carbonyl (C=O) groups is 1. The third-order valence-corrected chi connectivity index (χ3v) is 5.68. The second-order valence-corrected chi connectivity index (χ2v) is 8.61. The lowest BCUT2D eigenvalue weighted by Crippen LogP contribution is -2.35. The maximum Gasteiger partial charge on any atom is 0.257 e. The normalized spacial score (nSPS) is 11.0. The number of anilines is 1. The van der Waals surface area contributed by atoms with Crippen LogP contribution in [0, 0.1) is 13.8 Å². The molecule has 0 bridgehead atoms. The monoisotopic (exact) mass is 421 g/mol. The minimum atomic E-state index is -3.74. The maximum absolute atomic E-state index is 12.4. The molecule has 0 fully saturated rings. The first-order valence-electron chi connectivity index (χ1n) is 9.26. The van der Waals surface area contributed by atoms with Crippen LogP contribution in [-0.4, -0.2) is 14.3 Å². The van der Waals surface area contributed by atoms with Gasteiger partial charge in [-0.25, -0.2) is 8.42 Å². The SMILES string of the molecule is C=C(NNS(=O)(=O)c1ccc(C)cc1)c1cccc(NC(=O)c2cccc(C)c2)c1. The number of rotatable bonds is 7. The highest BCUT2D eigenvalue weighted by Gasteiger charge is 2.14. The van der Waals surface area contributed by atoms with Gasteiger partial charge in [0.1, 0.15) is 0 Å². The number of sulfonamides is 1. The quantitative estimate of drug-likeness (QED) is 0.503. The molecule has 0 aromatic heterocycles. The van der Waals surface area contributed by atoms with Gasteiger partial charge in [0.2, 0.25) is 0 Å².